The number of carbonyl (C=O) groups is 1. The zero-order valence-corrected chi connectivity index (χ0v) is 11.8. The summed E-state index contributed by atoms with van der Waals surface area (Å²) < 4.78 is 0. The summed E-state index contributed by atoms with van der Waals surface area (Å²) in [6, 6.07) is -0.375. The Morgan fingerprint density at radius 1 is 1.39 bits per heavy atom. The molecule has 1 atom stereocenters. The van der Waals surface area contributed by atoms with E-state index in [1.54, 1.807) is 6.92 Å². The van der Waals surface area contributed by atoms with E-state index in [9.17, 15) is 4.79 Å². The summed E-state index contributed by atoms with van der Waals surface area (Å²) in [7, 11) is 4.15. The highest BCUT2D eigenvalue weighted by molar-refractivity contribution is 5.74. The third-order valence-corrected chi connectivity index (χ3v) is 3.59. The number of nitrogens with one attached hydrogen (secondary N) is 2. The van der Waals surface area contributed by atoms with E-state index in [-0.39, 0.29) is 24.1 Å². The summed E-state index contributed by atoms with van der Waals surface area (Å²) in [4.78, 5) is 13.8. The van der Waals surface area contributed by atoms with Gasteiger partial charge in [-0.1, -0.05) is 12.8 Å². The largest absolute Gasteiger partial charge is 0.394 e. The van der Waals surface area contributed by atoms with E-state index < -0.39 is 0 Å². The lowest BCUT2D eigenvalue weighted by Crippen LogP contribution is -2.48. The van der Waals surface area contributed by atoms with Crippen molar-refractivity contribution in [2.45, 2.75) is 38.6 Å². The van der Waals surface area contributed by atoms with Gasteiger partial charge in [-0.15, -0.1) is 0 Å². The van der Waals surface area contributed by atoms with Crippen molar-refractivity contribution in [2.75, 3.05) is 33.8 Å². The Hall–Kier alpha value is -0.810. The lowest BCUT2D eigenvalue weighted by atomic mass is 9.85. The van der Waals surface area contributed by atoms with Crippen LogP contribution in [0.2, 0.25) is 0 Å². The molecule has 0 aromatic rings. The molecule has 1 rings (SSSR count). The van der Waals surface area contributed by atoms with Gasteiger partial charge >= 0.3 is 6.03 Å². The summed E-state index contributed by atoms with van der Waals surface area (Å²) in [6.45, 7) is 3.49. The maximum atomic E-state index is 11.7. The van der Waals surface area contributed by atoms with Crippen LogP contribution >= 0.6 is 0 Å². The molecule has 2 amide bonds. The molecule has 0 saturated heterocycles. The Bertz CT molecular complexity index is 263. The minimum absolute atomic E-state index is 0.0315. The number of rotatable bonds is 6. The summed E-state index contributed by atoms with van der Waals surface area (Å²) in [5, 5.41) is 14.5. The lowest BCUT2D eigenvalue weighted by Gasteiger charge is -2.32. The molecule has 0 aromatic heterocycles. The van der Waals surface area contributed by atoms with Gasteiger partial charge in [0.2, 0.25) is 0 Å². The van der Waals surface area contributed by atoms with Crippen LogP contribution in [0, 0.1) is 5.41 Å². The van der Waals surface area contributed by atoms with Crippen molar-refractivity contribution in [3.05, 3.63) is 0 Å². The molecular formula is C13H27N3O2. The fraction of sp³-hybridized carbons (Fsp3) is 0.923. The normalized spacial score (nSPS) is 19.8. The number of hydrogen-bond donors (Lipinski definition) is 3. The second kappa shape index (κ2) is 6.95. The molecule has 1 aliphatic rings. The Labute approximate surface area is 110 Å². The van der Waals surface area contributed by atoms with Gasteiger partial charge in [-0.2, -0.15) is 0 Å². The van der Waals surface area contributed by atoms with Crippen LogP contribution in [0.25, 0.3) is 0 Å². The summed E-state index contributed by atoms with van der Waals surface area (Å²) in [5.41, 5.74) is 0.225. The van der Waals surface area contributed by atoms with Gasteiger partial charge in [-0.3, -0.25) is 0 Å². The number of aliphatic hydroxyl groups excluding tert-OH is 1. The number of nitrogens with zero attached hydrogens (tertiary/aromatic N) is 1. The minimum Gasteiger partial charge on any atom is -0.394 e. The average Bonchev–Trinajstić information content (AvgIpc) is 2.74. The SMILES string of the molecule is C[C@@H](CO)NC(=O)NCC1(CN(C)C)CCCC1. The van der Waals surface area contributed by atoms with E-state index in [4.69, 9.17) is 5.11 Å². The van der Waals surface area contributed by atoms with Crippen LogP contribution in [0.15, 0.2) is 0 Å². The van der Waals surface area contributed by atoms with Crippen LogP contribution < -0.4 is 10.6 Å². The van der Waals surface area contributed by atoms with Crippen LogP contribution in [-0.2, 0) is 0 Å². The highest BCUT2D eigenvalue weighted by Crippen LogP contribution is 2.37. The smallest absolute Gasteiger partial charge is 0.315 e. The maximum absolute atomic E-state index is 11.7. The molecule has 3 N–H and O–H groups in total. The summed E-state index contributed by atoms with van der Waals surface area (Å²) in [5.74, 6) is 0. The molecule has 0 unspecified atom stereocenters. The average molecular weight is 257 g/mol. The van der Waals surface area contributed by atoms with Crippen LogP contribution in [0.5, 0.6) is 0 Å². The minimum atomic E-state index is -0.196. The third-order valence-electron chi connectivity index (χ3n) is 3.59. The first-order chi connectivity index (χ1) is 8.47. The van der Waals surface area contributed by atoms with Crippen molar-refractivity contribution in [2.24, 2.45) is 5.41 Å². The summed E-state index contributed by atoms with van der Waals surface area (Å²) in [6.07, 6.45) is 4.87. The Morgan fingerprint density at radius 3 is 2.50 bits per heavy atom. The van der Waals surface area contributed by atoms with E-state index in [0.717, 1.165) is 13.1 Å². The van der Waals surface area contributed by atoms with Gasteiger partial charge in [0.1, 0.15) is 0 Å². The standard InChI is InChI=1S/C13H27N3O2/c1-11(8-17)15-12(18)14-9-13(10-16(2)3)6-4-5-7-13/h11,17H,4-10H2,1-3H3,(H2,14,15,18)/t11-/m0/s1. The van der Waals surface area contributed by atoms with Crippen molar-refractivity contribution < 1.29 is 9.90 Å². The van der Waals surface area contributed by atoms with Crippen LogP contribution in [0.1, 0.15) is 32.6 Å². The zero-order chi connectivity index (χ0) is 13.6. The van der Waals surface area contributed by atoms with Crippen LogP contribution in [0.4, 0.5) is 4.79 Å². The van der Waals surface area contributed by atoms with Crippen LogP contribution in [0.3, 0.4) is 0 Å². The van der Waals surface area contributed by atoms with E-state index >= 15 is 0 Å². The highest BCUT2D eigenvalue weighted by atomic mass is 16.3. The van der Waals surface area contributed by atoms with Gasteiger partial charge in [0, 0.05) is 18.5 Å². The fourth-order valence-electron chi connectivity index (χ4n) is 2.77. The van der Waals surface area contributed by atoms with Gasteiger partial charge in [0.15, 0.2) is 0 Å². The zero-order valence-electron chi connectivity index (χ0n) is 11.8. The lowest BCUT2D eigenvalue weighted by molar-refractivity contribution is 0.186. The maximum Gasteiger partial charge on any atom is 0.315 e. The molecule has 1 fully saturated rings. The monoisotopic (exact) mass is 257 g/mol. The second-order valence-corrected chi connectivity index (χ2v) is 5.86. The molecule has 0 bridgehead atoms. The number of amides is 2. The number of urea groups is 1. The molecule has 1 aliphatic carbocycles. The molecule has 0 heterocycles. The molecular weight excluding hydrogens is 230 g/mol. The number of hydrogen-bond acceptors (Lipinski definition) is 3. The molecule has 0 aromatic carbocycles. The molecule has 5 nitrogen and oxygen atoms in total. The van der Waals surface area contributed by atoms with Gasteiger partial charge in [0.05, 0.1) is 12.6 Å². The van der Waals surface area contributed by atoms with Crippen LogP contribution in [-0.4, -0.2) is 55.9 Å². The van der Waals surface area contributed by atoms with E-state index in [2.05, 4.69) is 29.6 Å². The predicted octanol–water partition coefficient (Wildman–Crippen LogP) is 0.788. The first kappa shape index (κ1) is 15.2. The first-order valence-electron chi connectivity index (χ1n) is 6.77. The van der Waals surface area contributed by atoms with Gasteiger partial charge < -0.3 is 20.6 Å². The van der Waals surface area contributed by atoms with Crippen molar-refractivity contribution >= 4 is 6.03 Å². The number of aliphatic hydroxyl groups is 1. The molecule has 106 valence electrons. The van der Waals surface area contributed by atoms with Gasteiger partial charge in [0.25, 0.3) is 0 Å². The fourth-order valence-corrected chi connectivity index (χ4v) is 2.77. The van der Waals surface area contributed by atoms with E-state index in [1.165, 1.54) is 25.7 Å². The van der Waals surface area contributed by atoms with Crippen molar-refractivity contribution in [1.82, 2.24) is 15.5 Å². The molecule has 5 heteroatoms. The van der Waals surface area contributed by atoms with Crippen molar-refractivity contribution in [3.8, 4) is 0 Å². The molecule has 0 aliphatic heterocycles. The molecule has 0 spiro atoms. The first-order valence-corrected chi connectivity index (χ1v) is 6.77. The Kier molecular flexibility index (Phi) is 5.88. The van der Waals surface area contributed by atoms with E-state index in [1.807, 2.05) is 0 Å². The molecule has 0 radical (unpaired) electrons. The van der Waals surface area contributed by atoms with Gasteiger partial charge in [-0.25, -0.2) is 4.79 Å². The van der Waals surface area contributed by atoms with Crippen molar-refractivity contribution in [3.63, 3.8) is 0 Å². The van der Waals surface area contributed by atoms with E-state index in [0.29, 0.717) is 0 Å². The Balaban J connectivity index is 2.40. The quantitative estimate of drug-likeness (QED) is 0.659. The third kappa shape index (κ3) is 4.82. The van der Waals surface area contributed by atoms with Gasteiger partial charge in [-0.05, 0) is 33.9 Å². The molecule has 1 saturated carbocycles. The second-order valence-electron chi connectivity index (χ2n) is 5.86. The number of carbonyl (C=O) groups excluding carboxylic acids is 1. The highest BCUT2D eigenvalue weighted by Gasteiger charge is 2.34. The topological polar surface area (TPSA) is 64.6 Å². The Morgan fingerprint density at radius 2 is 2.00 bits per heavy atom. The van der Waals surface area contributed by atoms with Crippen molar-refractivity contribution in [1.29, 1.82) is 0 Å². The predicted molar refractivity (Wildman–Crippen MR) is 72.5 cm³/mol. The summed E-state index contributed by atoms with van der Waals surface area (Å²) >= 11 is 0. The molecule has 18 heavy (non-hydrogen) atoms.